The van der Waals surface area contributed by atoms with Crippen molar-refractivity contribution in [3.05, 3.63) is 28.3 Å². The van der Waals surface area contributed by atoms with Crippen molar-refractivity contribution >= 4 is 21.6 Å². The van der Waals surface area contributed by atoms with Crippen LogP contribution in [0.4, 0.5) is 0 Å². The number of aromatic nitrogens is 1. The third-order valence-corrected chi connectivity index (χ3v) is 3.71. The normalized spacial score (nSPS) is 16.4. The number of benzene rings is 1. The number of hydrogen-bond donors (Lipinski definition) is 0. The highest BCUT2D eigenvalue weighted by Crippen LogP contribution is 2.44. The Morgan fingerprint density at radius 3 is 2.79 bits per heavy atom. The second kappa shape index (κ2) is 2.80. The number of nitrogens with zero attached hydrogens (tertiary/aromatic N) is 1. The highest BCUT2D eigenvalue weighted by molar-refractivity contribution is 7.18. The van der Waals surface area contributed by atoms with E-state index in [1.807, 2.05) is 11.3 Å². The zero-order valence-electron chi connectivity index (χ0n) is 8.50. The summed E-state index contributed by atoms with van der Waals surface area (Å²) in [5, 5.41) is 1.19. The lowest BCUT2D eigenvalue weighted by atomic mass is 10.1. The van der Waals surface area contributed by atoms with E-state index in [9.17, 15) is 0 Å². The predicted molar refractivity (Wildman–Crippen MR) is 61.1 cm³/mol. The molecule has 1 aliphatic rings. The zero-order valence-corrected chi connectivity index (χ0v) is 9.32. The summed E-state index contributed by atoms with van der Waals surface area (Å²) in [5.41, 5.74) is 4.13. The van der Waals surface area contributed by atoms with Crippen LogP contribution in [0.1, 0.15) is 34.9 Å². The van der Waals surface area contributed by atoms with Crippen molar-refractivity contribution in [1.82, 2.24) is 4.98 Å². The molecule has 14 heavy (non-hydrogen) atoms. The number of rotatable bonds is 1. The van der Waals surface area contributed by atoms with Gasteiger partial charge in [-0.25, -0.2) is 4.98 Å². The Bertz CT molecular complexity index is 494. The van der Waals surface area contributed by atoms with Crippen molar-refractivity contribution in [2.75, 3.05) is 0 Å². The molecule has 3 rings (SSSR count). The molecule has 0 amide bonds. The minimum Gasteiger partial charge on any atom is -0.241 e. The minimum atomic E-state index is 0.805. The molecule has 0 aliphatic heterocycles. The summed E-state index contributed by atoms with van der Waals surface area (Å²) in [7, 11) is 0. The second-order valence-corrected chi connectivity index (χ2v) is 5.44. The molecule has 0 saturated heterocycles. The van der Waals surface area contributed by atoms with Gasteiger partial charge in [-0.3, -0.25) is 0 Å². The Hall–Kier alpha value is -0.890. The summed E-state index contributed by atoms with van der Waals surface area (Å²) in [6.45, 7) is 4.27. The SMILES string of the molecule is Cc1cc(C2CC2)c2nc(C)sc2c1. The van der Waals surface area contributed by atoms with Gasteiger partial charge in [0.2, 0.25) is 0 Å². The van der Waals surface area contributed by atoms with Crippen LogP contribution in [-0.2, 0) is 0 Å². The summed E-state index contributed by atoms with van der Waals surface area (Å²) in [6.07, 6.45) is 2.71. The van der Waals surface area contributed by atoms with E-state index in [4.69, 9.17) is 0 Å². The molecule has 1 aromatic heterocycles. The monoisotopic (exact) mass is 203 g/mol. The quantitative estimate of drug-likeness (QED) is 0.687. The van der Waals surface area contributed by atoms with E-state index < -0.39 is 0 Å². The largest absolute Gasteiger partial charge is 0.241 e. The van der Waals surface area contributed by atoms with E-state index in [0.29, 0.717) is 0 Å². The van der Waals surface area contributed by atoms with Crippen molar-refractivity contribution in [3.63, 3.8) is 0 Å². The van der Waals surface area contributed by atoms with Gasteiger partial charge in [-0.1, -0.05) is 6.07 Å². The topological polar surface area (TPSA) is 12.9 Å². The molecule has 0 radical (unpaired) electrons. The first-order chi connectivity index (χ1) is 6.74. The standard InChI is InChI=1S/C12H13NS/c1-7-5-10(9-3-4-9)12-11(6-7)14-8(2)13-12/h5-6,9H,3-4H2,1-2H3. The van der Waals surface area contributed by atoms with E-state index in [1.54, 1.807) is 0 Å². The second-order valence-electron chi connectivity index (χ2n) is 4.21. The van der Waals surface area contributed by atoms with E-state index in [2.05, 4.69) is 31.0 Å². The van der Waals surface area contributed by atoms with Gasteiger partial charge in [-0.15, -0.1) is 11.3 Å². The van der Waals surface area contributed by atoms with Crippen LogP contribution in [0.15, 0.2) is 12.1 Å². The number of thiazole rings is 1. The van der Waals surface area contributed by atoms with E-state index in [-0.39, 0.29) is 0 Å². The van der Waals surface area contributed by atoms with Crippen LogP contribution in [-0.4, -0.2) is 4.98 Å². The maximum absolute atomic E-state index is 4.63. The van der Waals surface area contributed by atoms with Gasteiger partial charge in [0.05, 0.1) is 15.2 Å². The lowest BCUT2D eigenvalue weighted by Crippen LogP contribution is -1.84. The molecule has 1 nitrogen and oxygen atoms in total. The first-order valence-electron chi connectivity index (χ1n) is 5.12. The number of aryl methyl sites for hydroxylation is 2. The molecule has 1 saturated carbocycles. The maximum Gasteiger partial charge on any atom is 0.0907 e. The van der Waals surface area contributed by atoms with Gasteiger partial charge in [0.15, 0.2) is 0 Å². The van der Waals surface area contributed by atoms with Gasteiger partial charge >= 0.3 is 0 Å². The fourth-order valence-electron chi connectivity index (χ4n) is 2.02. The minimum absolute atomic E-state index is 0.805. The molecule has 0 unspecified atom stereocenters. The first kappa shape index (κ1) is 8.42. The fraction of sp³-hybridized carbons (Fsp3) is 0.417. The summed E-state index contributed by atoms with van der Waals surface area (Å²) in [6, 6.07) is 4.57. The summed E-state index contributed by atoms with van der Waals surface area (Å²) >= 11 is 1.81. The molecule has 1 fully saturated rings. The van der Waals surface area contributed by atoms with Crippen LogP contribution in [0.2, 0.25) is 0 Å². The van der Waals surface area contributed by atoms with Gasteiger partial charge < -0.3 is 0 Å². The molecule has 1 aliphatic carbocycles. The highest BCUT2D eigenvalue weighted by Gasteiger charge is 2.26. The van der Waals surface area contributed by atoms with Gasteiger partial charge in [-0.2, -0.15) is 0 Å². The van der Waals surface area contributed by atoms with Crippen LogP contribution >= 0.6 is 11.3 Å². The van der Waals surface area contributed by atoms with Gasteiger partial charge in [-0.05, 0) is 49.8 Å². The van der Waals surface area contributed by atoms with Crippen molar-refractivity contribution in [3.8, 4) is 0 Å². The molecular weight excluding hydrogens is 190 g/mol. The fourth-order valence-corrected chi connectivity index (χ4v) is 2.98. The molecule has 72 valence electrons. The predicted octanol–water partition coefficient (Wildman–Crippen LogP) is 3.79. The van der Waals surface area contributed by atoms with E-state index >= 15 is 0 Å². The van der Waals surface area contributed by atoms with Gasteiger partial charge in [0, 0.05) is 0 Å². The molecule has 1 heterocycles. The smallest absolute Gasteiger partial charge is 0.0907 e. The van der Waals surface area contributed by atoms with Crippen molar-refractivity contribution in [2.24, 2.45) is 0 Å². The lowest BCUT2D eigenvalue weighted by Gasteiger charge is -2.01. The molecule has 2 aromatic rings. The Morgan fingerprint density at radius 2 is 2.07 bits per heavy atom. The summed E-state index contributed by atoms with van der Waals surface area (Å²) < 4.78 is 1.37. The average molecular weight is 203 g/mol. The van der Waals surface area contributed by atoms with Crippen molar-refractivity contribution < 1.29 is 0 Å². The van der Waals surface area contributed by atoms with Crippen LogP contribution in [0.25, 0.3) is 10.2 Å². The van der Waals surface area contributed by atoms with Gasteiger partial charge in [0.25, 0.3) is 0 Å². The molecule has 0 spiro atoms. The Morgan fingerprint density at radius 1 is 1.29 bits per heavy atom. The highest BCUT2D eigenvalue weighted by atomic mass is 32.1. The van der Waals surface area contributed by atoms with Crippen LogP contribution in [0.5, 0.6) is 0 Å². The lowest BCUT2D eigenvalue weighted by molar-refractivity contribution is 1.13. The molecule has 1 aromatic carbocycles. The first-order valence-corrected chi connectivity index (χ1v) is 5.93. The third-order valence-electron chi connectivity index (χ3n) is 2.79. The van der Waals surface area contributed by atoms with Crippen molar-refractivity contribution in [1.29, 1.82) is 0 Å². The van der Waals surface area contributed by atoms with Crippen molar-refractivity contribution in [2.45, 2.75) is 32.6 Å². The van der Waals surface area contributed by atoms with Crippen LogP contribution in [0, 0.1) is 13.8 Å². The average Bonchev–Trinajstić information content (AvgIpc) is 2.87. The Labute approximate surface area is 87.8 Å². The van der Waals surface area contributed by atoms with Crippen LogP contribution in [0.3, 0.4) is 0 Å². The number of fused-ring (bicyclic) bond motifs is 1. The third kappa shape index (κ3) is 1.25. The Kier molecular flexibility index (Phi) is 1.68. The van der Waals surface area contributed by atoms with Gasteiger partial charge in [0.1, 0.15) is 0 Å². The molecule has 0 bridgehead atoms. The Balaban J connectivity index is 2.33. The molecule has 2 heteroatoms. The number of hydrogen-bond acceptors (Lipinski definition) is 2. The summed E-state index contributed by atoms with van der Waals surface area (Å²) in [4.78, 5) is 4.63. The molecule has 0 N–H and O–H groups in total. The molecule has 0 atom stereocenters. The van der Waals surface area contributed by atoms with E-state index in [1.165, 1.54) is 39.2 Å². The molecular formula is C12H13NS. The summed E-state index contributed by atoms with van der Waals surface area (Å²) in [5.74, 6) is 0.805. The zero-order chi connectivity index (χ0) is 9.71. The maximum atomic E-state index is 4.63. The van der Waals surface area contributed by atoms with Crippen LogP contribution < -0.4 is 0 Å². The van der Waals surface area contributed by atoms with E-state index in [0.717, 1.165) is 5.92 Å².